The fourth-order valence-electron chi connectivity index (χ4n) is 2.58. The summed E-state index contributed by atoms with van der Waals surface area (Å²) in [5.41, 5.74) is 7.77. The van der Waals surface area contributed by atoms with Gasteiger partial charge in [0.2, 0.25) is 0 Å². The molecule has 0 bridgehead atoms. The van der Waals surface area contributed by atoms with E-state index >= 15 is 0 Å². The van der Waals surface area contributed by atoms with E-state index in [1.54, 1.807) is 13.0 Å². The predicted octanol–water partition coefficient (Wildman–Crippen LogP) is 3.79. The van der Waals surface area contributed by atoms with Gasteiger partial charge in [-0.05, 0) is 36.8 Å². The van der Waals surface area contributed by atoms with Crippen molar-refractivity contribution in [2.24, 2.45) is 17.8 Å². The first-order chi connectivity index (χ1) is 9.88. The zero-order chi connectivity index (χ0) is 16.0. The van der Waals surface area contributed by atoms with Crippen molar-refractivity contribution in [2.75, 3.05) is 24.2 Å². The SMILES string of the molecule is CCOC(=O)c1cccc(NCC(C(C)C)C(C)C)c1N. The molecule has 21 heavy (non-hydrogen) atoms. The Bertz CT molecular complexity index is 462. The fraction of sp³-hybridized carbons (Fsp3) is 0.588. The lowest BCUT2D eigenvalue weighted by Gasteiger charge is -2.26. The summed E-state index contributed by atoms with van der Waals surface area (Å²) in [6.07, 6.45) is 0. The van der Waals surface area contributed by atoms with Crippen molar-refractivity contribution in [2.45, 2.75) is 34.6 Å². The number of nitrogen functional groups attached to an aromatic ring is 1. The molecule has 0 saturated carbocycles. The molecule has 118 valence electrons. The average Bonchev–Trinajstić information content (AvgIpc) is 2.40. The molecule has 0 atom stereocenters. The van der Waals surface area contributed by atoms with Crippen molar-refractivity contribution in [3.05, 3.63) is 23.8 Å². The molecular formula is C17H28N2O2. The molecule has 0 fully saturated rings. The second kappa shape index (κ2) is 7.91. The van der Waals surface area contributed by atoms with E-state index in [1.807, 2.05) is 12.1 Å². The molecule has 4 nitrogen and oxygen atoms in total. The fourth-order valence-corrected chi connectivity index (χ4v) is 2.58. The van der Waals surface area contributed by atoms with Crippen molar-refractivity contribution >= 4 is 17.3 Å². The third kappa shape index (κ3) is 4.66. The maximum absolute atomic E-state index is 11.8. The van der Waals surface area contributed by atoms with Crippen LogP contribution in [0.1, 0.15) is 45.0 Å². The molecule has 3 N–H and O–H groups in total. The van der Waals surface area contributed by atoms with E-state index in [2.05, 4.69) is 33.0 Å². The molecule has 0 aromatic heterocycles. The van der Waals surface area contributed by atoms with Gasteiger partial charge in [-0.1, -0.05) is 33.8 Å². The standard InChI is InChI=1S/C17H28N2O2/c1-6-21-17(20)13-8-7-9-15(16(13)18)19-10-14(11(2)3)12(4)5/h7-9,11-12,14,19H,6,10,18H2,1-5H3. The van der Waals surface area contributed by atoms with E-state index in [-0.39, 0.29) is 5.97 Å². The Morgan fingerprint density at radius 2 is 1.86 bits per heavy atom. The van der Waals surface area contributed by atoms with Gasteiger partial charge in [-0.2, -0.15) is 0 Å². The van der Waals surface area contributed by atoms with Crippen LogP contribution in [-0.4, -0.2) is 19.1 Å². The summed E-state index contributed by atoms with van der Waals surface area (Å²) in [6, 6.07) is 5.42. The Hall–Kier alpha value is -1.71. The number of carbonyl (C=O) groups is 1. The van der Waals surface area contributed by atoms with Gasteiger partial charge < -0.3 is 15.8 Å². The minimum absolute atomic E-state index is 0.346. The molecule has 0 saturated heterocycles. The zero-order valence-electron chi connectivity index (χ0n) is 13.8. The van der Waals surface area contributed by atoms with Crippen LogP contribution in [0.25, 0.3) is 0 Å². The maximum Gasteiger partial charge on any atom is 0.340 e. The van der Waals surface area contributed by atoms with Gasteiger partial charge >= 0.3 is 5.97 Å². The summed E-state index contributed by atoms with van der Waals surface area (Å²) >= 11 is 0. The first kappa shape index (κ1) is 17.3. The summed E-state index contributed by atoms with van der Waals surface area (Å²) < 4.78 is 5.02. The van der Waals surface area contributed by atoms with Crippen LogP contribution >= 0.6 is 0 Å². The number of esters is 1. The van der Waals surface area contributed by atoms with Gasteiger partial charge in [0.05, 0.1) is 23.5 Å². The van der Waals surface area contributed by atoms with E-state index in [0.717, 1.165) is 12.2 Å². The highest BCUT2D eigenvalue weighted by Gasteiger charge is 2.18. The minimum atomic E-state index is -0.372. The highest BCUT2D eigenvalue weighted by atomic mass is 16.5. The summed E-state index contributed by atoms with van der Waals surface area (Å²) in [7, 11) is 0. The van der Waals surface area contributed by atoms with E-state index in [9.17, 15) is 4.79 Å². The molecule has 0 radical (unpaired) electrons. The Labute approximate surface area is 128 Å². The molecule has 0 unspecified atom stereocenters. The number of hydrogen-bond donors (Lipinski definition) is 2. The van der Waals surface area contributed by atoms with Crippen molar-refractivity contribution in [3.8, 4) is 0 Å². The average molecular weight is 292 g/mol. The number of anilines is 2. The monoisotopic (exact) mass is 292 g/mol. The van der Waals surface area contributed by atoms with Crippen molar-refractivity contribution in [1.82, 2.24) is 0 Å². The van der Waals surface area contributed by atoms with Gasteiger partial charge in [0.15, 0.2) is 0 Å². The molecule has 0 aliphatic carbocycles. The number of benzene rings is 1. The van der Waals surface area contributed by atoms with Gasteiger partial charge in [0.1, 0.15) is 0 Å². The third-order valence-corrected chi connectivity index (χ3v) is 3.84. The zero-order valence-corrected chi connectivity index (χ0v) is 13.8. The largest absolute Gasteiger partial charge is 0.462 e. The number of nitrogens with two attached hydrogens (primary N) is 1. The number of carbonyl (C=O) groups excluding carboxylic acids is 1. The molecule has 1 aromatic rings. The highest BCUT2D eigenvalue weighted by molar-refractivity contribution is 5.98. The van der Waals surface area contributed by atoms with Crippen LogP contribution in [0.2, 0.25) is 0 Å². The Morgan fingerprint density at radius 3 is 2.38 bits per heavy atom. The lowest BCUT2D eigenvalue weighted by molar-refractivity contribution is 0.0527. The molecule has 1 rings (SSSR count). The molecule has 0 spiro atoms. The molecule has 1 aromatic carbocycles. The van der Waals surface area contributed by atoms with E-state index in [4.69, 9.17) is 10.5 Å². The summed E-state index contributed by atoms with van der Waals surface area (Å²) in [6.45, 7) is 11.9. The summed E-state index contributed by atoms with van der Waals surface area (Å²) in [5, 5.41) is 3.38. The number of ether oxygens (including phenoxy) is 1. The summed E-state index contributed by atoms with van der Waals surface area (Å²) in [4.78, 5) is 11.8. The molecule has 0 aliphatic rings. The van der Waals surface area contributed by atoms with Gasteiger partial charge in [-0.15, -0.1) is 0 Å². The van der Waals surface area contributed by atoms with Crippen LogP contribution in [0.3, 0.4) is 0 Å². The van der Waals surface area contributed by atoms with Crippen LogP contribution < -0.4 is 11.1 Å². The minimum Gasteiger partial charge on any atom is -0.462 e. The number of nitrogens with one attached hydrogen (secondary N) is 1. The number of rotatable bonds is 7. The quantitative estimate of drug-likeness (QED) is 0.593. The van der Waals surface area contributed by atoms with E-state index < -0.39 is 0 Å². The van der Waals surface area contributed by atoms with Gasteiger partial charge in [0, 0.05) is 6.54 Å². The molecular weight excluding hydrogens is 264 g/mol. The molecule has 0 aliphatic heterocycles. The normalized spacial score (nSPS) is 11.2. The van der Waals surface area contributed by atoms with Gasteiger partial charge in [-0.25, -0.2) is 4.79 Å². The Morgan fingerprint density at radius 1 is 1.24 bits per heavy atom. The molecule has 4 heteroatoms. The van der Waals surface area contributed by atoms with Crippen LogP contribution in [-0.2, 0) is 4.74 Å². The Kier molecular flexibility index (Phi) is 6.53. The van der Waals surface area contributed by atoms with Crippen LogP contribution in [0.5, 0.6) is 0 Å². The number of para-hydroxylation sites is 1. The molecule has 0 amide bonds. The topological polar surface area (TPSA) is 64.3 Å². The van der Waals surface area contributed by atoms with Crippen molar-refractivity contribution in [3.63, 3.8) is 0 Å². The lowest BCUT2D eigenvalue weighted by atomic mass is 9.85. The van der Waals surface area contributed by atoms with Gasteiger partial charge in [-0.3, -0.25) is 0 Å². The highest BCUT2D eigenvalue weighted by Crippen LogP contribution is 2.26. The van der Waals surface area contributed by atoms with E-state index in [0.29, 0.717) is 35.6 Å². The summed E-state index contributed by atoms with van der Waals surface area (Å²) in [5.74, 6) is 1.36. The Balaban J connectivity index is 2.85. The third-order valence-electron chi connectivity index (χ3n) is 3.84. The number of hydrogen-bond acceptors (Lipinski definition) is 4. The van der Waals surface area contributed by atoms with Crippen LogP contribution in [0, 0.1) is 17.8 Å². The first-order valence-electron chi connectivity index (χ1n) is 7.67. The first-order valence-corrected chi connectivity index (χ1v) is 7.67. The second-order valence-electron chi connectivity index (χ2n) is 6.02. The van der Waals surface area contributed by atoms with E-state index in [1.165, 1.54) is 0 Å². The van der Waals surface area contributed by atoms with Crippen LogP contribution in [0.15, 0.2) is 18.2 Å². The van der Waals surface area contributed by atoms with Crippen molar-refractivity contribution in [1.29, 1.82) is 0 Å². The van der Waals surface area contributed by atoms with Gasteiger partial charge in [0.25, 0.3) is 0 Å². The van der Waals surface area contributed by atoms with Crippen LogP contribution in [0.4, 0.5) is 11.4 Å². The molecule has 0 heterocycles. The van der Waals surface area contributed by atoms with Crippen molar-refractivity contribution < 1.29 is 9.53 Å². The second-order valence-corrected chi connectivity index (χ2v) is 6.02. The smallest absolute Gasteiger partial charge is 0.340 e. The lowest BCUT2D eigenvalue weighted by Crippen LogP contribution is -2.25. The predicted molar refractivity (Wildman–Crippen MR) is 88.5 cm³/mol. The maximum atomic E-state index is 11.8.